The summed E-state index contributed by atoms with van der Waals surface area (Å²) < 4.78 is 18.9. The highest BCUT2D eigenvalue weighted by atomic mass is 32.1. The number of ether oxygens (including phenoxy) is 3. The standard InChI is InChI=1S/C20H20N2O4S/c1-5-10-22-14-11-16(25-3)17(26-4)12-18(14)27-20(22)21-19(23)13-8-6-7-9-15(13)24-2/h5-9,11-12H,1,10H2,2-4H3. The molecule has 1 heterocycles. The minimum Gasteiger partial charge on any atom is -0.496 e. The van der Waals surface area contributed by atoms with Crippen LogP contribution in [0.1, 0.15) is 10.4 Å². The van der Waals surface area contributed by atoms with Crippen molar-refractivity contribution in [3.8, 4) is 17.2 Å². The number of nitrogens with zero attached hydrogens (tertiary/aromatic N) is 2. The average molecular weight is 384 g/mol. The average Bonchev–Trinajstić information content (AvgIpc) is 3.03. The summed E-state index contributed by atoms with van der Waals surface area (Å²) in [5.74, 6) is 1.37. The Morgan fingerprint density at radius 2 is 1.78 bits per heavy atom. The Morgan fingerprint density at radius 3 is 2.44 bits per heavy atom. The highest BCUT2D eigenvalue weighted by Crippen LogP contribution is 2.33. The quantitative estimate of drug-likeness (QED) is 0.609. The van der Waals surface area contributed by atoms with E-state index in [0.717, 1.165) is 10.2 Å². The first-order valence-corrected chi connectivity index (χ1v) is 9.03. The van der Waals surface area contributed by atoms with Gasteiger partial charge in [0.15, 0.2) is 16.3 Å². The number of aromatic nitrogens is 1. The van der Waals surface area contributed by atoms with Crippen LogP contribution < -0.4 is 19.0 Å². The van der Waals surface area contributed by atoms with Crippen LogP contribution >= 0.6 is 11.3 Å². The van der Waals surface area contributed by atoms with Gasteiger partial charge in [0.05, 0.1) is 37.1 Å². The molecular weight excluding hydrogens is 364 g/mol. The zero-order valence-electron chi connectivity index (χ0n) is 15.4. The number of rotatable bonds is 6. The van der Waals surface area contributed by atoms with E-state index < -0.39 is 0 Å². The van der Waals surface area contributed by atoms with Crippen molar-refractivity contribution >= 4 is 27.5 Å². The number of methoxy groups -OCH3 is 3. The first-order valence-electron chi connectivity index (χ1n) is 8.21. The second-order valence-corrected chi connectivity index (χ2v) is 6.59. The third-order valence-corrected chi connectivity index (χ3v) is 5.08. The van der Waals surface area contributed by atoms with Crippen LogP contribution in [0, 0.1) is 0 Å². The zero-order valence-corrected chi connectivity index (χ0v) is 16.2. The van der Waals surface area contributed by atoms with E-state index in [1.165, 1.54) is 18.4 Å². The van der Waals surface area contributed by atoms with Crippen molar-refractivity contribution in [1.29, 1.82) is 0 Å². The van der Waals surface area contributed by atoms with E-state index in [4.69, 9.17) is 14.2 Å². The molecule has 0 aliphatic rings. The summed E-state index contributed by atoms with van der Waals surface area (Å²) in [5, 5.41) is 0. The van der Waals surface area contributed by atoms with Crippen LogP contribution in [-0.2, 0) is 6.54 Å². The number of benzene rings is 2. The number of allylic oxidation sites excluding steroid dienone is 1. The molecule has 1 aromatic heterocycles. The third-order valence-electron chi connectivity index (χ3n) is 4.03. The monoisotopic (exact) mass is 384 g/mol. The van der Waals surface area contributed by atoms with Gasteiger partial charge in [-0.3, -0.25) is 4.79 Å². The van der Waals surface area contributed by atoms with Gasteiger partial charge in [0.2, 0.25) is 0 Å². The topological polar surface area (TPSA) is 62.1 Å². The maximum Gasteiger partial charge on any atom is 0.283 e. The fourth-order valence-corrected chi connectivity index (χ4v) is 3.80. The molecule has 0 N–H and O–H groups in total. The first-order chi connectivity index (χ1) is 13.1. The SMILES string of the molecule is C=CCn1c(=NC(=O)c2ccccc2OC)sc2cc(OC)c(OC)cc21. The van der Waals surface area contributed by atoms with Gasteiger partial charge in [0, 0.05) is 18.7 Å². The first kappa shape index (κ1) is 18.7. The molecular formula is C20H20N2O4S. The normalized spacial score (nSPS) is 11.4. The molecule has 0 spiro atoms. The van der Waals surface area contributed by atoms with Gasteiger partial charge in [-0.05, 0) is 12.1 Å². The van der Waals surface area contributed by atoms with Crippen LogP contribution in [-0.4, -0.2) is 31.8 Å². The van der Waals surface area contributed by atoms with Crippen molar-refractivity contribution < 1.29 is 19.0 Å². The van der Waals surface area contributed by atoms with Crippen molar-refractivity contribution in [3.63, 3.8) is 0 Å². The van der Waals surface area contributed by atoms with E-state index in [2.05, 4.69) is 11.6 Å². The van der Waals surface area contributed by atoms with Gasteiger partial charge in [-0.1, -0.05) is 29.5 Å². The van der Waals surface area contributed by atoms with Crippen LogP contribution in [0.4, 0.5) is 0 Å². The Balaban J connectivity index is 2.20. The summed E-state index contributed by atoms with van der Waals surface area (Å²) in [5.41, 5.74) is 1.31. The lowest BCUT2D eigenvalue weighted by molar-refractivity contribution is 0.0995. The zero-order chi connectivity index (χ0) is 19.4. The maximum atomic E-state index is 12.7. The number of hydrogen-bond acceptors (Lipinski definition) is 5. The number of carbonyl (C=O) groups excluding carboxylic acids is 1. The fraction of sp³-hybridized carbons (Fsp3) is 0.200. The molecule has 0 saturated heterocycles. The Labute approximate surface area is 161 Å². The molecule has 0 atom stereocenters. The van der Waals surface area contributed by atoms with E-state index in [0.29, 0.717) is 34.2 Å². The lowest BCUT2D eigenvalue weighted by Crippen LogP contribution is -2.16. The smallest absolute Gasteiger partial charge is 0.283 e. The predicted octanol–water partition coefficient (Wildman–Crippen LogP) is 3.66. The van der Waals surface area contributed by atoms with Gasteiger partial charge in [0.1, 0.15) is 5.75 Å². The molecule has 0 unspecified atom stereocenters. The van der Waals surface area contributed by atoms with Crippen molar-refractivity contribution in [2.24, 2.45) is 4.99 Å². The van der Waals surface area contributed by atoms with Gasteiger partial charge in [-0.25, -0.2) is 0 Å². The summed E-state index contributed by atoms with van der Waals surface area (Å²) in [7, 11) is 4.71. The number of carbonyl (C=O) groups is 1. The molecule has 0 aliphatic heterocycles. The van der Waals surface area contributed by atoms with Crippen molar-refractivity contribution in [2.45, 2.75) is 6.54 Å². The van der Waals surface area contributed by atoms with Crippen LogP contribution in [0.15, 0.2) is 54.0 Å². The van der Waals surface area contributed by atoms with E-state index in [1.807, 2.05) is 22.8 Å². The van der Waals surface area contributed by atoms with Crippen LogP contribution in [0.25, 0.3) is 10.2 Å². The summed E-state index contributed by atoms with van der Waals surface area (Å²) in [6.45, 7) is 4.31. The Kier molecular flexibility index (Phi) is 5.61. The van der Waals surface area contributed by atoms with Crippen molar-refractivity contribution in [2.75, 3.05) is 21.3 Å². The second-order valence-electron chi connectivity index (χ2n) is 5.58. The van der Waals surface area contributed by atoms with Crippen LogP contribution in [0.2, 0.25) is 0 Å². The molecule has 6 nitrogen and oxygen atoms in total. The van der Waals surface area contributed by atoms with Gasteiger partial charge in [-0.2, -0.15) is 4.99 Å². The third kappa shape index (κ3) is 3.59. The number of hydrogen-bond donors (Lipinski definition) is 0. The van der Waals surface area contributed by atoms with Gasteiger partial charge in [0.25, 0.3) is 5.91 Å². The molecule has 27 heavy (non-hydrogen) atoms. The highest BCUT2D eigenvalue weighted by molar-refractivity contribution is 7.16. The largest absolute Gasteiger partial charge is 0.496 e. The predicted molar refractivity (Wildman–Crippen MR) is 106 cm³/mol. The molecule has 0 aliphatic carbocycles. The van der Waals surface area contributed by atoms with Crippen molar-refractivity contribution in [3.05, 3.63) is 59.4 Å². The number of para-hydroxylation sites is 1. The number of fused-ring (bicyclic) bond motifs is 1. The van der Waals surface area contributed by atoms with E-state index in [-0.39, 0.29) is 5.91 Å². The lowest BCUT2D eigenvalue weighted by atomic mass is 10.2. The van der Waals surface area contributed by atoms with Crippen LogP contribution in [0.5, 0.6) is 17.2 Å². The van der Waals surface area contributed by atoms with Crippen molar-refractivity contribution in [1.82, 2.24) is 4.57 Å². The second kappa shape index (κ2) is 8.09. The molecule has 7 heteroatoms. The fourth-order valence-electron chi connectivity index (χ4n) is 2.76. The summed E-state index contributed by atoms with van der Waals surface area (Å²) >= 11 is 1.40. The molecule has 0 radical (unpaired) electrons. The van der Waals surface area contributed by atoms with Gasteiger partial charge < -0.3 is 18.8 Å². The van der Waals surface area contributed by atoms with E-state index in [1.54, 1.807) is 38.5 Å². The molecule has 0 bridgehead atoms. The summed E-state index contributed by atoms with van der Waals surface area (Å²) in [6.07, 6.45) is 1.76. The van der Waals surface area contributed by atoms with E-state index in [9.17, 15) is 4.79 Å². The summed E-state index contributed by atoms with van der Waals surface area (Å²) in [6, 6.07) is 10.8. The molecule has 0 saturated carbocycles. The lowest BCUT2D eigenvalue weighted by Gasteiger charge is -2.08. The molecule has 0 fully saturated rings. The summed E-state index contributed by atoms with van der Waals surface area (Å²) in [4.78, 5) is 17.6. The highest BCUT2D eigenvalue weighted by Gasteiger charge is 2.15. The number of thiazole rings is 1. The van der Waals surface area contributed by atoms with Gasteiger partial charge >= 0.3 is 0 Å². The molecule has 2 aromatic carbocycles. The Hall–Kier alpha value is -3.06. The van der Waals surface area contributed by atoms with Crippen LogP contribution in [0.3, 0.4) is 0 Å². The molecule has 3 rings (SSSR count). The molecule has 140 valence electrons. The minimum absolute atomic E-state index is 0.365. The van der Waals surface area contributed by atoms with E-state index >= 15 is 0 Å². The minimum atomic E-state index is -0.365. The Morgan fingerprint density at radius 1 is 1.11 bits per heavy atom. The Bertz CT molecular complexity index is 1070. The molecule has 1 amide bonds. The molecule has 3 aromatic rings. The number of amides is 1. The maximum absolute atomic E-state index is 12.7. The van der Waals surface area contributed by atoms with Gasteiger partial charge in [-0.15, -0.1) is 6.58 Å².